The van der Waals surface area contributed by atoms with E-state index in [0.29, 0.717) is 17.4 Å². The maximum atomic E-state index is 13.0. The Morgan fingerprint density at radius 2 is 1.89 bits per heavy atom. The van der Waals surface area contributed by atoms with E-state index in [9.17, 15) is 4.79 Å². The molecule has 1 aliphatic rings. The highest BCUT2D eigenvalue weighted by atomic mass is 16.2. The van der Waals surface area contributed by atoms with Gasteiger partial charge in [-0.3, -0.25) is 4.79 Å². The zero-order chi connectivity index (χ0) is 19.9. The van der Waals surface area contributed by atoms with Crippen LogP contribution in [0.25, 0.3) is 0 Å². The van der Waals surface area contributed by atoms with Gasteiger partial charge in [0.2, 0.25) is 0 Å². The second-order valence-electron chi connectivity index (χ2n) is 7.86. The summed E-state index contributed by atoms with van der Waals surface area (Å²) in [6, 6.07) is 12.5. The molecule has 1 saturated heterocycles. The Morgan fingerprint density at radius 1 is 1.18 bits per heavy atom. The molecule has 1 aliphatic heterocycles. The Kier molecular flexibility index (Phi) is 7.01. The molecule has 5 heteroatoms. The molecule has 0 unspecified atom stereocenters. The van der Waals surface area contributed by atoms with Crippen molar-refractivity contribution in [1.29, 1.82) is 0 Å². The van der Waals surface area contributed by atoms with E-state index in [1.807, 2.05) is 24.9 Å². The molecular formula is C23H32N4O. The monoisotopic (exact) mass is 380 g/mol. The average Bonchev–Trinajstić information content (AvgIpc) is 2.72. The maximum absolute atomic E-state index is 13.0. The van der Waals surface area contributed by atoms with Gasteiger partial charge in [0, 0.05) is 32.7 Å². The van der Waals surface area contributed by atoms with Crippen molar-refractivity contribution >= 4 is 11.7 Å². The van der Waals surface area contributed by atoms with E-state index in [0.717, 1.165) is 57.6 Å². The zero-order valence-electron chi connectivity index (χ0n) is 17.4. The fourth-order valence-corrected chi connectivity index (χ4v) is 3.82. The number of aryl methyl sites for hydroxylation is 1. The van der Waals surface area contributed by atoms with E-state index in [2.05, 4.69) is 52.1 Å². The van der Waals surface area contributed by atoms with Crippen molar-refractivity contribution in [2.45, 2.75) is 46.0 Å². The lowest BCUT2D eigenvalue weighted by atomic mass is 9.90. The molecule has 1 fully saturated rings. The fourth-order valence-electron chi connectivity index (χ4n) is 3.82. The van der Waals surface area contributed by atoms with Crippen LogP contribution in [0.4, 0.5) is 5.82 Å². The molecule has 2 heterocycles. The molecule has 5 nitrogen and oxygen atoms in total. The molecule has 0 N–H and O–H groups in total. The van der Waals surface area contributed by atoms with Crippen molar-refractivity contribution in [2.75, 3.05) is 31.6 Å². The van der Waals surface area contributed by atoms with Gasteiger partial charge in [-0.25, -0.2) is 9.97 Å². The van der Waals surface area contributed by atoms with Gasteiger partial charge < -0.3 is 9.80 Å². The number of likely N-dealkylation sites (tertiary alicyclic amines) is 1. The van der Waals surface area contributed by atoms with Crippen LogP contribution in [-0.2, 0) is 6.42 Å². The van der Waals surface area contributed by atoms with Gasteiger partial charge in [-0.15, -0.1) is 0 Å². The summed E-state index contributed by atoms with van der Waals surface area (Å²) in [5.74, 6) is 2.18. The molecule has 0 aliphatic carbocycles. The molecule has 0 atom stereocenters. The summed E-state index contributed by atoms with van der Waals surface area (Å²) in [6.07, 6.45) is 5.44. The third kappa shape index (κ3) is 5.31. The molecule has 3 rings (SSSR count). The standard InChI is InChI=1S/C23H32N4O/c1-4-5-13-26(3)22-17-21(24-18(2)25-22)23(28)27-14-11-20(12-15-27)16-19-9-7-6-8-10-19/h6-10,17,20H,4-5,11-16H2,1-3H3. The summed E-state index contributed by atoms with van der Waals surface area (Å²) in [6.45, 7) is 6.59. The molecule has 0 bridgehead atoms. The number of carbonyl (C=O) groups is 1. The minimum absolute atomic E-state index is 0.0359. The number of aromatic nitrogens is 2. The lowest BCUT2D eigenvalue weighted by molar-refractivity contribution is 0.0684. The van der Waals surface area contributed by atoms with Crippen molar-refractivity contribution < 1.29 is 4.79 Å². The van der Waals surface area contributed by atoms with E-state index < -0.39 is 0 Å². The number of nitrogens with zero attached hydrogens (tertiary/aromatic N) is 4. The van der Waals surface area contributed by atoms with Gasteiger partial charge in [0.15, 0.2) is 0 Å². The first-order chi connectivity index (χ1) is 13.6. The normalized spacial score (nSPS) is 14.9. The number of hydrogen-bond donors (Lipinski definition) is 0. The van der Waals surface area contributed by atoms with E-state index in [1.54, 1.807) is 0 Å². The minimum atomic E-state index is 0.0359. The summed E-state index contributed by atoms with van der Waals surface area (Å²) in [4.78, 5) is 26.0. The molecule has 1 aromatic carbocycles. The van der Waals surface area contributed by atoms with Gasteiger partial charge >= 0.3 is 0 Å². The maximum Gasteiger partial charge on any atom is 0.272 e. The van der Waals surface area contributed by atoms with Crippen LogP contribution in [-0.4, -0.2) is 47.5 Å². The third-order valence-electron chi connectivity index (χ3n) is 5.55. The smallest absolute Gasteiger partial charge is 0.272 e. The largest absolute Gasteiger partial charge is 0.360 e. The highest BCUT2D eigenvalue weighted by Gasteiger charge is 2.25. The number of amides is 1. The number of piperidine rings is 1. The SMILES string of the molecule is CCCCN(C)c1cc(C(=O)N2CCC(Cc3ccccc3)CC2)nc(C)n1. The lowest BCUT2D eigenvalue weighted by Crippen LogP contribution is -2.39. The Bertz CT molecular complexity index is 769. The molecule has 2 aromatic rings. The number of unbranched alkanes of at least 4 members (excludes halogenated alkanes) is 1. The summed E-state index contributed by atoms with van der Waals surface area (Å²) >= 11 is 0. The van der Waals surface area contributed by atoms with Crippen molar-refractivity contribution in [3.8, 4) is 0 Å². The topological polar surface area (TPSA) is 49.3 Å². The van der Waals surface area contributed by atoms with Crippen LogP contribution >= 0.6 is 0 Å². The minimum Gasteiger partial charge on any atom is -0.360 e. The first kappa shape index (κ1) is 20.3. The number of carbonyl (C=O) groups excluding carboxylic acids is 1. The van der Waals surface area contributed by atoms with E-state index in [4.69, 9.17) is 0 Å². The Hall–Kier alpha value is -2.43. The van der Waals surface area contributed by atoms with Crippen LogP contribution in [0.3, 0.4) is 0 Å². The van der Waals surface area contributed by atoms with Crippen LogP contribution in [0.1, 0.15) is 54.5 Å². The van der Waals surface area contributed by atoms with Gasteiger partial charge in [0.25, 0.3) is 5.91 Å². The van der Waals surface area contributed by atoms with Gasteiger partial charge in [0.1, 0.15) is 17.3 Å². The predicted octanol–water partition coefficient (Wildman–Crippen LogP) is 4.12. The molecule has 1 amide bonds. The first-order valence-electron chi connectivity index (χ1n) is 10.5. The highest BCUT2D eigenvalue weighted by Crippen LogP contribution is 2.23. The molecule has 0 spiro atoms. The summed E-state index contributed by atoms with van der Waals surface area (Å²) in [7, 11) is 2.03. The Labute approximate surface area is 168 Å². The second kappa shape index (κ2) is 9.67. The van der Waals surface area contributed by atoms with Gasteiger partial charge in [-0.1, -0.05) is 43.7 Å². The molecule has 0 saturated carbocycles. The summed E-state index contributed by atoms with van der Waals surface area (Å²) in [5, 5.41) is 0. The van der Waals surface area contributed by atoms with Crippen LogP contribution in [0.2, 0.25) is 0 Å². The molecule has 1 aromatic heterocycles. The van der Waals surface area contributed by atoms with Crippen molar-refractivity contribution in [1.82, 2.24) is 14.9 Å². The second-order valence-corrected chi connectivity index (χ2v) is 7.86. The van der Waals surface area contributed by atoms with Crippen LogP contribution in [0, 0.1) is 12.8 Å². The first-order valence-corrected chi connectivity index (χ1v) is 10.5. The molecular weight excluding hydrogens is 348 g/mol. The van der Waals surface area contributed by atoms with Crippen LogP contribution in [0.5, 0.6) is 0 Å². The van der Waals surface area contributed by atoms with E-state index in [1.165, 1.54) is 5.56 Å². The van der Waals surface area contributed by atoms with Crippen LogP contribution in [0.15, 0.2) is 36.4 Å². The van der Waals surface area contributed by atoms with Gasteiger partial charge in [-0.2, -0.15) is 0 Å². The van der Waals surface area contributed by atoms with Crippen molar-refractivity contribution in [3.63, 3.8) is 0 Å². The average molecular weight is 381 g/mol. The molecule has 150 valence electrons. The number of anilines is 1. The van der Waals surface area contributed by atoms with Crippen molar-refractivity contribution in [3.05, 3.63) is 53.5 Å². The lowest BCUT2D eigenvalue weighted by Gasteiger charge is -2.32. The Morgan fingerprint density at radius 3 is 2.57 bits per heavy atom. The van der Waals surface area contributed by atoms with E-state index in [-0.39, 0.29) is 5.91 Å². The molecule has 0 radical (unpaired) electrons. The number of benzene rings is 1. The van der Waals surface area contributed by atoms with E-state index >= 15 is 0 Å². The quantitative estimate of drug-likeness (QED) is 0.725. The zero-order valence-corrected chi connectivity index (χ0v) is 17.4. The third-order valence-corrected chi connectivity index (χ3v) is 5.55. The summed E-state index contributed by atoms with van der Waals surface area (Å²) < 4.78 is 0. The predicted molar refractivity (Wildman–Crippen MR) is 114 cm³/mol. The number of rotatable bonds is 7. The molecule has 28 heavy (non-hydrogen) atoms. The highest BCUT2D eigenvalue weighted by molar-refractivity contribution is 5.93. The van der Waals surface area contributed by atoms with Gasteiger partial charge in [0.05, 0.1) is 0 Å². The van der Waals surface area contributed by atoms with Crippen LogP contribution < -0.4 is 4.90 Å². The summed E-state index contributed by atoms with van der Waals surface area (Å²) in [5.41, 5.74) is 1.91. The van der Waals surface area contributed by atoms with Gasteiger partial charge in [-0.05, 0) is 44.1 Å². The Balaban J connectivity index is 1.61. The van der Waals surface area contributed by atoms with Crippen molar-refractivity contribution in [2.24, 2.45) is 5.92 Å². The fraction of sp³-hybridized carbons (Fsp3) is 0.522. The number of hydrogen-bond acceptors (Lipinski definition) is 4.